The minimum absolute atomic E-state index is 0.0206. The third kappa shape index (κ3) is 6.35. The summed E-state index contributed by atoms with van der Waals surface area (Å²) in [6, 6.07) is 5.03. The number of alkyl halides is 2. The van der Waals surface area contributed by atoms with Gasteiger partial charge in [0.05, 0.1) is 30.9 Å². The lowest BCUT2D eigenvalue weighted by Gasteiger charge is -2.15. The van der Waals surface area contributed by atoms with Gasteiger partial charge < -0.3 is 20.1 Å². The van der Waals surface area contributed by atoms with Crippen molar-refractivity contribution in [2.75, 3.05) is 13.2 Å². The highest BCUT2D eigenvalue weighted by atomic mass is 32.1. The molecule has 27 heavy (non-hydrogen) atoms. The molecule has 0 fully saturated rings. The summed E-state index contributed by atoms with van der Waals surface area (Å²) in [6.45, 7) is 4.53. The SMILES string of the molecule is CCNC(=NCc1cccc(OCC)c1OC(F)F)NCc1scnc1C. The van der Waals surface area contributed by atoms with E-state index in [2.05, 4.69) is 25.3 Å². The molecular formula is C18H24F2N4O2S. The van der Waals surface area contributed by atoms with Crippen LogP contribution in [0.1, 0.15) is 30.0 Å². The molecule has 0 bridgehead atoms. The number of rotatable bonds is 9. The topological polar surface area (TPSA) is 67.8 Å². The molecule has 6 nitrogen and oxygen atoms in total. The molecule has 0 aliphatic heterocycles. The average molecular weight is 398 g/mol. The normalized spacial score (nSPS) is 11.6. The first-order chi connectivity index (χ1) is 13.0. The summed E-state index contributed by atoms with van der Waals surface area (Å²) in [5.41, 5.74) is 3.29. The maximum absolute atomic E-state index is 12.8. The van der Waals surface area contributed by atoms with Gasteiger partial charge in [0.2, 0.25) is 0 Å². The molecule has 2 N–H and O–H groups in total. The number of benzene rings is 1. The van der Waals surface area contributed by atoms with Gasteiger partial charge in [-0.15, -0.1) is 11.3 Å². The van der Waals surface area contributed by atoms with Crippen LogP contribution >= 0.6 is 11.3 Å². The van der Waals surface area contributed by atoms with Crippen LogP contribution in [-0.4, -0.2) is 30.7 Å². The van der Waals surface area contributed by atoms with E-state index in [1.54, 1.807) is 42.0 Å². The van der Waals surface area contributed by atoms with Gasteiger partial charge in [0.25, 0.3) is 0 Å². The molecule has 9 heteroatoms. The van der Waals surface area contributed by atoms with Gasteiger partial charge in [-0.25, -0.2) is 9.98 Å². The predicted octanol–water partition coefficient (Wildman–Crippen LogP) is 3.71. The van der Waals surface area contributed by atoms with Crippen LogP contribution in [0, 0.1) is 6.92 Å². The van der Waals surface area contributed by atoms with Gasteiger partial charge in [0.15, 0.2) is 17.5 Å². The molecule has 0 unspecified atom stereocenters. The van der Waals surface area contributed by atoms with E-state index in [0.717, 1.165) is 10.6 Å². The van der Waals surface area contributed by atoms with Crippen molar-refractivity contribution < 1.29 is 18.3 Å². The van der Waals surface area contributed by atoms with E-state index >= 15 is 0 Å². The van der Waals surface area contributed by atoms with E-state index in [-0.39, 0.29) is 18.0 Å². The molecule has 1 heterocycles. The van der Waals surface area contributed by atoms with Crippen LogP contribution in [0.3, 0.4) is 0 Å². The summed E-state index contributed by atoms with van der Waals surface area (Å²) in [7, 11) is 0. The lowest BCUT2D eigenvalue weighted by atomic mass is 10.2. The number of para-hydroxylation sites is 1. The fourth-order valence-corrected chi connectivity index (χ4v) is 3.06. The predicted molar refractivity (Wildman–Crippen MR) is 103 cm³/mol. The van der Waals surface area contributed by atoms with Crippen molar-refractivity contribution in [2.45, 2.75) is 40.5 Å². The third-order valence-electron chi connectivity index (χ3n) is 3.58. The number of hydrogen-bond acceptors (Lipinski definition) is 5. The van der Waals surface area contributed by atoms with E-state index in [4.69, 9.17) is 4.74 Å². The van der Waals surface area contributed by atoms with Gasteiger partial charge in [-0.3, -0.25) is 0 Å². The number of guanidine groups is 1. The van der Waals surface area contributed by atoms with Gasteiger partial charge >= 0.3 is 6.61 Å². The van der Waals surface area contributed by atoms with Crippen LogP contribution in [0.5, 0.6) is 11.5 Å². The summed E-state index contributed by atoms with van der Waals surface area (Å²) in [6.07, 6.45) is 0. The van der Waals surface area contributed by atoms with Gasteiger partial charge in [-0.1, -0.05) is 12.1 Å². The van der Waals surface area contributed by atoms with Gasteiger partial charge in [-0.2, -0.15) is 8.78 Å². The Morgan fingerprint density at radius 1 is 1.30 bits per heavy atom. The van der Waals surface area contributed by atoms with Crippen LogP contribution < -0.4 is 20.1 Å². The van der Waals surface area contributed by atoms with Crippen LogP contribution in [0.4, 0.5) is 8.78 Å². The quantitative estimate of drug-likeness (QED) is 0.498. The number of hydrogen-bond donors (Lipinski definition) is 2. The molecule has 0 amide bonds. The third-order valence-corrected chi connectivity index (χ3v) is 4.52. The fourth-order valence-electron chi connectivity index (χ4n) is 2.34. The molecule has 0 spiro atoms. The molecule has 0 atom stereocenters. The molecule has 2 aromatic rings. The highest BCUT2D eigenvalue weighted by Crippen LogP contribution is 2.33. The molecular weight excluding hydrogens is 374 g/mol. The highest BCUT2D eigenvalue weighted by molar-refractivity contribution is 7.09. The molecule has 2 rings (SSSR count). The Balaban J connectivity index is 2.16. The Kier molecular flexibility index (Phi) is 8.25. The molecule has 1 aromatic heterocycles. The van der Waals surface area contributed by atoms with Gasteiger partial charge in [-0.05, 0) is 26.8 Å². The van der Waals surface area contributed by atoms with Crippen molar-refractivity contribution in [1.29, 1.82) is 0 Å². The molecule has 0 saturated heterocycles. The second-order valence-electron chi connectivity index (χ2n) is 5.47. The standard InChI is InChI=1S/C18H24F2N4O2S/c1-4-21-18(23-10-15-12(3)24-11-27-15)22-9-13-7-6-8-14(25-5-2)16(13)26-17(19)20/h6-8,11,17H,4-5,9-10H2,1-3H3,(H2,21,22,23). The summed E-state index contributed by atoms with van der Waals surface area (Å²) >= 11 is 1.56. The second-order valence-corrected chi connectivity index (χ2v) is 6.40. The van der Waals surface area contributed by atoms with Crippen LogP contribution in [0.25, 0.3) is 0 Å². The molecule has 0 aliphatic carbocycles. The molecule has 0 saturated carbocycles. The molecule has 0 aliphatic rings. The van der Waals surface area contributed by atoms with Gasteiger partial charge in [0, 0.05) is 17.0 Å². The molecule has 1 aromatic carbocycles. The Hall–Kier alpha value is -2.42. The van der Waals surface area contributed by atoms with E-state index in [9.17, 15) is 8.78 Å². The minimum atomic E-state index is -2.94. The zero-order valence-corrected chi connectivity index (χ0v) is 16.4. The number of nitrogens with one attached hydrogen (secondary N) is 2. The van der Waals surface area contributed by atoms with Crippen molar-refractivity contribution in [3.63, 3.8) is 0 Å². The van der Waals surface area contributed by atoms with Gasteiger partial charge in [0.1, 0.15) is 0 Å². The van der Waals surface area contributed by atoms with Crippen molar-refractivity contribution in [2.24, 2.45) is 4.99 Å². The van der Waals surface area contributed by atoms with E-state index in [1.807, 2.05) is 13.8 Å². The fraction of sp³-hybridized carbons (Fsp3) is 0.444. The molecule has 0 radical (unpaired) electrons. The Bertz CT molecular complexity index is 753. The summed E-state index contributed by atoms with van der Waals surface area (Å²) in [5.74, 6) is 0.881. The summed E-state index contributed by atoms with van der Waals surface area (Å²) in [4.78, 5) is 9.81. The van der Waals surface area contributed by atoms with Crippen molar-refractivity contribution in [3.05, 3.63) is 39.8 Å². The number of halogens is 2. The minimum Gasteiger partial charge on any atom is -0.490 e. The summed E-state index contributed by atoms with van der Waals surface area (Å²) < 4.78 is 35.7. The van der Waals surface area contributed by atoms with E-state index in [0.29, 0.717) is 31.2 Å². The Morgan fingerprint density at radius 2 is 2.11 bits per heavy atom. The maximum atomic E-state index is 12.8. The van der Waals surface area contributed by atoms with Crippen LogP contribution in [0.15, 0.2) is 28.7 Å². The first-order valence-corrected chi connectivity index (χ1v) is 9.53. The lowest BCUT2D eigenvalue weighted by molar-refractivity contribution is -0.0520. The zero-order valence-electron chi connectivity index (χ0n) is 15.6. The number of aromatic nitrogens is 1. The number of ether oxygens (including phenoxy) is 2. The zero-order chi connectivity index (χ0) is 19.6. The monoisotopic (exact) mass is 398 g/mol. The largest absolute Gasteiger partial charge is 0.490 e. The Labute approximate surface area is 161 Å². The van der Waals surface area contributed by atoms with E-state index in [1.165, 1.54) is 0 Å². The maximum Gasteiger partial charge on any atom is 0.387 e. The number of thiazole rings is 1. The van der Waals surface area contributed by atoms with Crippen LogP contribution in [0.2, 0.25) is 0 Å². The highest BCUT2D eigenvalue weighted by Gasteiger charge is 2.15. The average Bonchev–Trinajstić information content (AvgIpc) is 3.04. The first-order valence-electron chi connectivity index (χ1n) is 8.65. The van der Waals surface area contributed by atoms with Crippen molar-refractivity contribution in [1.82, 2.24) is 15.6 Å². The second kappa shape index (κ2) is 10.7. The summed E-state index contributed by atoms with van der Waals surface area (Å²) in [5, 5.41) is 6.36. The smallest absolute Gasteiger partial charge is 0.387 e. The van der Waals surface area contributed by atoms with Crippen LogP contribution in [-0.2, 0) is 13.1 Å². The first kappa shape index (κ1) is 20.9. The van der Waals surface area contributed by atoms with Crippen molar-refractivity contribution in [3.8, 4) is 11.5 Å². The Morgan fingerprint density at radius 3 is 2.74 bits per heavy atom. The van der Waals surface area contributed by atoms with E-state index < -0.39 is 6.61 Å². The number of nitrogens with zero attached hydrogens (tertiary/aromatic N) is 2. The molecule has 148 valence electrons. The van der Waals surface area contributed by atoms with Crippen molar-refractivity contribution >= 4 is 17.3 Å². The lowest BCUT2D eigenvalue weighted by Crippen LogP contribution is -2.36. The number of aliphatic imine (C=N–C) groups is 1. The number of aryl methyl sites for hydroxylation is 1.